The predicted octanol–water partition coefficient (Wildman–Crippen LogP) is 2.55. The minimum absolute atomic E-state index is 0.176. The monoisotopic (exact) mass is 342 g/mol. The number of ether oxygens (including phenoxy) is 2. The number of hydrogen-bond acceptors (Lipinski definition) is 6. The highest BCUT2D eigenvalue weighted by molar-refractivity contribution is 6.44. The first-order valence-corrected chi connectivity index (χ1v) is 7.42. The summed E-state index contributed by atoms with van der Waals surface area (Å²) in [5.74, 6) is -0.278. The summed E-state index contributed by atoms with van der Waals surface area (Å²) >= 11 is 0. The Balaban J connectivity index is 2.29. The standard InChI is InChI=1S/C18H18N2O5/c1-12-7-3-6-10-15(12)24-11-13-8-4-5-9-14(13)16(20-23-2)17(21)25-18(19)22/h3-10H,11H2,1-2H3,(H2,19,22). The van der Waals surface area contributed by atoms with Crippen LogP contribution in [0.1, 0.15) is 16.7 Å². The molecule has 0 saturated carbocycles. The van der Waals surface area contributed by atoms with Gasteiger partial charge in [-0.3, -0.25) is 0 Å². The summed E-state index contributed by atoms with van der Waals surface area (Å²) in [5, 5.41) is 3.66. The molecule has 0 heterocycles. The van der Waals surface area contributed by atoms with E-state index in [0.717, 1.165) is 11.3 Å². The summed E-state index contributed by atoms with van der Waals surface area (Å²) in [4.78, 5) is 27.6. The molecule has 2 aromatic carbocycles. The molecule has 2 N–H and O–H groups in total. The molecule has 0 aromatic heterocycles. The molecule has 2 aromatic rings. The van der Waals surface area contributed by atoms with Crippen LogP contribution >= 0.6 is 0 Å². The van der Waals surface area contributed by atoms with E-state index >= 15 is 0 Å². The van der Waals surface area contributed by atoms with E-state index in [2.05, 4.69) is 9.89 Å². The largest absolute Gasteiger partial charge is 0.489 e. The van der Waals surface area contributed by atoms with Crippen molar-refractivity contribution in [1.29, 1.82) is 0 Å². The van der Waals surface area contributed by atoms with Gasteiger partial charge in [0.25, 0.3) is 0 Å². The number of amides is 1. The van der Waals surface area contributed by atoms with Crippen molar-refractivity contribution < 1.29 is 23.9 Å². The molecule has 0 spiro atoms. The van der Waals surface area contributed by atoms with Crippen LogP contribution in [0.3, 0.4) is 0 Å². The zero-order valence-corrected chi connectivity index (χ0v) is 13.9. The zero-order valence-electron chi connectivity index (χ0n) is 13.9. The van der Waals surface area contributed by atoms with Crippen LogP contribution in [0, 0.1) is 6.92 Å². The Hall–Kier alpha value is -3.35. The molecule has 130 valence electrons. The third kappa shape index (κ3) is 4.81. The van der Waals surface area contributed by atoms with Gasteiger partial charge in [-0.2, -0.15) is 0 Å². The van der Waals surface area contributed by atoms with Crippen LogP contribution < -0.4 is 10.5 Å². The van der Waals surface area contributed by atoms with Gasteiger partial charge in [-0.05, 0) is 24.1 Å². The van der Waals surface area contributed by atoms with E-state index in [-0.39, 0.29) is 12.3 Å². The average Bonchev–Trinajstić information content (AvgIpc) is 2.59. The van der Waals surface area contributed by atoms with Crippen molar-refractivity contribution in [2.45, 2.75) is 13.5 Å². The van der Waals surface area contributed by atoms with Gasteiger partial charge in [-0.25, -0.2) is 9.59 Å². The molecule has 0 radical (unpaired) electrons. The van der Waals surface area contributed by atoms with Gasteiger partial charge in [0.1, 0.15) is 19.5 Å². The minimum atomic E-state index is -1.22. The molecule has 7 nitrogen and oxygen atoms in total. The Morgan fingerprint density at radius 2 is 1.76 bits per heavy atom. The van der Waals surface area contributed by atoms with Crippen LogP contribution in [-0.2, 0) is 21.0 Å². The Morgan fingerprint density at radius 1 is 1.08 bits per heavy atom. The van der Waals surface area contributed by atoms with E-state index in [1.807, 2.05) is 31.2 Å². The second kappa shape index (κ2) is 8.49. The normalized spacial score (nSPS) is 10.9. The third-order valence-corrected chi connectivity index (χ3v) is 3.32. The van der Waals surface area contributed by atoms with E-state index in [1.165, 1.54) is 7.11 Å². The number of benzene rings is 2. The Morgan fingerprint density at radius 3 is 2.44 bits per heavy atom. The Kier molecular flexibility index (Phi) is 6.11. The number of oxime groups is 1. The lowest BCUT2D eigenvalue weighted by Crippen LogP contribution is -2.26. The van der Waals surface area contributed by atoms with Crippen LogP contribution in [0.2, 0.25) is 0 Å². The van der Waals surface area contributed by atoms with Gasteiger partial charge in [-0.1, -0.05) is 47.6 Å². The highest BCUT2D eigenvalue weighted by Gasteiger charge is 2.22. The maximum atomic E-state index is 12.0. The number of rotatable bonds is 6. The number of carbonyl (C=O) groups excluding carboxylic acids is 2. The molecule has 0 atom stereocenters. The van der Waals surface area contributed by atoms with Gasteiger partial charge < -0.3 is 20.0 Å². The average molecular weight is 342 g/mol. The SMILES string of the molecule is CON=C(C(=O)OC(N)=O)c1ccccc1COc1ccccc1C. The quantitative estimate of drug-likeness (QED) is 0.376. The maximum Gasteiger partial charge on any atom is 0.412 e. The lowest BCUT2D eigenvalue weighted by atomic mass is 10.0. The van der Waals surface area contributed by atoms with Gasteiger partial charge in [0.15, 0.2) is 5.71 Å². The molecular formula is C18H18N2O5. The van der Waals surface area contributed by atoms with Gasteiger partial charge in [0.2, 0.25) is 0 Å². The van der Waals surface area contributed by atoms with Gasteiger partial charge >= 0.3 is 12.1 Å². The molecule has 0 fully saturated rings. The highest BCUT2D eigenvalue weighted by atomic mass is 16.6. The van der Waals surface area contributed by atoms with E-state index in [9.17, 15) is 9.59 Å². The number of esters is 1. The summed E-state index contributed by atoms with van der Waals surface area (Å²) < 4.78 is 10.2. The van der Waals surface area contributed by atoms with Crippen molar-refractivity contribution in [1.82, 2.24) is 0 Å². The topological polar surface area (TPSA) is 100 Å². The summed E-state index contributed by atoms with van der Waals surface area (Å²) in [7, 11) is 1.28. The lowest BCUT2D eigenvalue weighted by molar-refractivity contribution is -0.129. The molecule has 0 bridgehead atoms. The fourth-order valence-corrected chi connectivity index (χ4v) is 2.18. The number of primary amides is 1. The number of carbonyl (C=O) groups is 2. The van der Waals surface area contributed by atoms with Crippen LogP contribution in [0.25, 0.3) is 0 Å². The van der Waals surface area contributed by atoms with E-state index in [4.69, 9.17) is 15.3 Å². The van der Waals surface area contributed by atoms with E-state index in [0.29, 0.717) is 11.1 Å². The summed E-state index contributed by atoms with van der Waals surface area (Å²) in [5.41, 5.74) is 6.79. The number of nitrogens with zero attached hydrogens (tertiary/aromatic N) is 1. The molecule has 25 heavy (non-hydrogen) atoms. The van der Waals surface area contributed by atoms with E-state index < -0.39 is 12.1 Å². The molecule has 0 aliphatic rings. The molecular weight excluding hydrogens is 324 g/mol. The number of aryl methyl sites for hydroxylation is 1. The van der Waals surface area contributed by atoms with Crippen LogP contribution in [0.4, 0.5) is 4.79 Å². The molecule has 0 saturated heterocycles. The van der Waals surface area contributed by atoms with Gasteiger partial charge in [0, 0.05) is 5.56 Å². The Bertz CT molecular complexity index is 802. The first-order chi connectivity index (χ1) is 12.0. The molecule has 0 aliphatic carbocycles. The van der Waals surface area contributed by atoms with Crippen LogP contribution in [0.5, 0.6) is 5.75 Å². The van der Waals surface area contributed by atoms with Crippen molar-refractivity contribution >= 4 is 17.8 Å². The zero-order chi connectivity index (χ0) is 18.2. The van der Waals surface area contributed by atoms with Crippen molar-refractivity contribution in [2.24, 2.45) is 10.9 Å². The first kappa shape index (κ1) is 18.0. The van der Waals surface area contributed by atoms with Crippen molar-refractivity contribution in [3.05, 3.63) is 65.2 Å². The van der Waals surface area contributed by atoms with Crippen molar-refractivity contribution in [3.63, 3.8) is 0 Å². The number of para-hydroxylation sites is 1. The van der Waals surface area contributed by atoms with Crippen LogP contribution in [0.15, 0.2) is 53.7 Å². The van der Waals surface area contributed by atoms with Gasteiger partial charge in [-0.15, -0.1) is 0 Å². The first-order valence-electron chi connectivity index (χ1n) is 7.42. The fourth-order valence-electron chi connectivity index (χ4n) is 2.18. The second-order valence-electron chi connectivity index (χ2n) is 5.04. The fraction of sp³-hybridized carbons (Fsp3) is 0.167. The minimum Gasteiger partial charge on any atom is -0.489 e. The molecule has 1 amide bonds. The molecule has 0 aliphatic heterocycles. The smallest absolute Gasteiger partial charge is 0.412 e. The number of nitrogens with two attached hydrogens (primary N) is 1. The highest BCUT2D eigenvalue weighted by Crippen LogP contribution is 2.20. The molecule has 2 rings (SSSR count). The van der Waals surface area contributed by atoms with Crippen molar-refractivity contribution in [2.75, 3.05) is 7.11 Å². The number of hydrogen-bond donors (Lipinski definition) is 1. The lowest BCUT2D eigenvalue weighted by Gasteiger charge is -2.13. The van der Waals surface area contributed by atoms with E-state index in [1.54, 1.807) is 24.3 Å². The predicted molar refractivity (Wildman–Crippen MR) is 91.2 cm³/mol. The third-order valence-electron chi connectivity index (χ3n) is 3.32. The van der Waals surface area contributed by atoms with Crippen LogP contribution in [-0.4, -0.2) is 24.9 Å². The molecule has 7 heteroatoms. The summed E-state index contributed by atoms with van der Waals surface area (Å²) in [6, 6.07) is 14.5. The summed E-state index contributed by atoms with van der Waals surface area (Å²) in [6.45, 7) is 2.12. The maximum absolute atomic E-state index is 12.0. The van der Waals surface area contributed by atoms with Gasteiger partial charge in [0.05, 0.1) is 0 Å². The molecule has 0 unspecified atom stereocenters. The summed E-state index contributed by atoms with van der Waals surface area (Å²) in [6.07, 6.45) is -1.22. The Labute approximate surface area is 145 Å². The second-order valence-corrected chi connectivity index (χ2v) is 5.04. The van der Waals surface area contributed by atoms with Crippen molar-refractivity contribution in [3.8, 4) is 5.75 Å².